The van der Waals surface area contributed by atoms with Crippen LogP contribution in [0.5, 0.6) is 5.75 Å². The van der Waals surface area contributed by atoms with Crippen molar-refractivity contribution >= 4 is 27.5 Å². The molecule has 29 heavy (non-hydrogen) atoms. The second kappa shape index (κ2) is 8.43. The molecule has 0 amide bonds. The zero-order valence-electron chi connectivity index (χ0n) is 14.9. The van der Waals surface area contributed by atoms with Crippen LogP contribution >= 0.6 is 27.5 Å². The maximum Gasteiger partial charge on any atom is 0.172 e. The van der Waals surface area contributed by atoms with Crippen LogP contribution in [0.4, 0.5) is 0 Å². The van der Waals surface area contributed by atoms with Crippen LogP contribution in [0.3, 0.4) is 0 Å². The van der Waals surface area contributed by atoms with Crippen molar-refractivity contribution in [1.82, 2.24) is 29.8 Å². The molecular formula is C19H13BrClN7O. The highest BCUT2D eigenvalue weighted by molar-refractivity contribution is 9.10. The van der Waals surface area contributed by atoms with Crippen molar-refractivity contribution < 1.29 is 4.74 Å². The van der Waals surface area contributed by atoms with Crippen LogP contribution in [-0.4, -0.2) is 29.8 Å². The van der Waals surface area contributed by atoms with E-state index in [0.29, 0.717) is 39.0 Å². The first kappa shape index (κ1) is 19.1. The van der Waals surface area contributed by atoms with Crippen molar-refractivity contribution in [2.75, 3.05) is 0 Å². The third-order valence-corrected chi connectivity index (χ3v) is 4.67. The van der Waals surface area contributed by atoms with E-state index in [2.05, 4.69) is 42.4 Å². The van der Waals surface area contributed by atoms with Gasteiger partial charge in [-0.25, -0.2) is 14.3 Å². The predicted molar refractivity (Wildman–Crippen MR) is 109 cm³/mol. The molecule has 0 atom stereocenters. The molecule has 0 spiro atoms. The van der Waals surface area contributed by atoms with Crippen molar-refractivity contribution in [3.8, 4) is 17.6 Å². The average molecular weight is 471 g/mol. The molecule has 0 fully saturated rings. The first-order chi connectivity index (χ1) is 14.1. The number of halogens is 2. The van der Waals surface area contributed by atoms with Crippen molar-refractivity contribution in [3.63, 3.8) is 0 Å². The smallest absolute Gasteiger partial charge is 0.172 e. The van der Waals surface area contributed by atoms with Gasteiger partial charge in [0.25, 0.3) is 0 Å². The van der Waals surface area contributed by atoms with Crippen LogP contribution in [0.1, 0.15) is 17.0 Å². The van der Waals surface area contributed by atoms with Gasteiger partial charge in [0.2, 0.25) is 0 Å². The molecule has 0 aliphatic rings. The molecular weight excluding hydrogens is 458 g/mol. The van der Waals surface area contributed by atoms with Gasteiger partial charge in [0.05, 0.1) is 29.0 Å². The fourth-order valence-corrected chi connectivity index (χ4v) is 3.33. The number of nitriles is 1. The van der Waals surface area contributed by atoms with Crippen LogP contribution in [0.2, 0.25) is 5.02 Å². The highest BCUT2D eigenvalue weighted by Crippen LogP contribution is 2.22. The Hall–Kier alpha value is -3.22. The molecule has 0 saturated heterocycles. The van der Waals surface area contributed by atoms with Gasteiger partial charge in [0.15, 0.2) is 5.82 Å². The Morgan fingerprint density at radius 2 is 2.07 bits per heavy atom. The van der Waals surface area contributed by atoms with Gasteiger partial charge in [-0.3, -0.25) is 0 Å². The van der Waals surface area contributed by atoms with E-state index in [1.807, 2.05) is 12.1 Å². The van der Waals surface area contributed by atoms with Gasteiger partial charge < -0.3 is 4.74 Å². The Bertz CT molecular complexity index is 1200. The molecule has 0 aliphatic carbocycles. The summed E-state index contributed by atoms with van der Waals surface area (Å²) in [5.41, 5.74) is 1.93. The highest BCUT2D eigenvalue weighted by Gasteiger charge is 2.14. The lowest BCUT2D eigenvalue weighted by Crippen LogP contribution is -2.09. The van der Waals surface area contributed by atoms with E-state index in [9.17, 15) is 0 Å². The molecule has 3 heterocycles. The topological polar surface area (TPSA) is 94.4 Å². The van der Waals surface area contributed by atoms with E-state index in [0.717, 1.165) is 5.69 Å². The molecule has 144 valence electrons. The summed E-state index contributed by atoms with van der Waals surface area (Å²) >= 11 is 9.65. The van der Waals surface area contributed by atoms with Crippen LogP contribution in [0, 0.1) is 11.3 Å². The minimum absolute atomic E-state index is 0.202. The summed E-state index contributed by atoms with van der Waals surface area (Å²) < 4.78 is 9.69. The molecule has 0 N–H and O–H groups in total. The zero-order chi connectivity index (χ0) is 20.2. The Kier molecular flexibility index (Phi) is 5.55. The van der Waals surface area contributed by atoms with E-state index in [-0.39, 0.29) is 6.61 Å². The van der Waals surface area contributed by atoms with Gasteiger partial charge in [-0.05, 0) is 46.3 Å². The molecule has 4 rings (SSSR count). The molecule has 0 saturated carbocycles. The minimum atomic E-state index is 0.202. The Balaban J connectivity index is 1.50. The van der Waals surface area contributed by atoms with Crippen molar-refractivity contribution in [2.45, 2.75) is 13.2 Å². The summed E-state index contributed by atoms with van der Waals surface area (Å²) in [6.07, 6.45) is 3.44. The highest BCUT2D eigenvalue weighted by atomic mass is 79.9. The number of para-hydroxylation sites is 1. The van der Waals surface area contributed by atoms with Crippen LogP contribution in [0.15, 0.2) is 59.5 Å². The fraction of sp³-hybridized carbons (Fsp3) is 0.105. The summed E-state index contributed by atoms with van der Waals surface area (Å²) in [6.45, 7) is 0.612. The van der Waals surface area contributed by atoms with Crippen LogP contribution in [-0.2, 0) is 13.2 Å². The summed E-state index contributed by atoms with van der Waals surface area (Å²) in [5, 5.41) is 22.3. The number of rotatable bonds is 6. The second-order valence-electron chi connectivity index (χ2n) is 5.98. The van der Waals surface area contributed by atoms with Gasteiger partial charge in [-0.15, -0.1) is 5.10 Å². The predicted octanol–water partition coefficient (Wildman–Crippen LogP) is 3.77. The first-order valence-corrected chi connectivity index (χ1v) is 9.67. The third-order valence-electron chi connectivity index (χ3n) is 3.99. The number of nitrogens with zero attached hydrogens (tertiary/aromatic N) is 7. The van der Waals surface area contributed by atoms with Crippen molar-refractivity contribution in [3.05, 3.63) is 81.4 Å². The lowest BCUT2D eigenvalue weighted by Gasteiger charge is -2.07. The molecule has 4 aromatic rings. The number of hydrogen-bond donors (Lipinski definition) is 0. The summed E-state index contributed by atoms with van der Waals surface area (Å²) in [4.78, 5) is 4.30. The number of ether oxygens (including phenoxy) is 1. The molecule has 8 nitrogen and oxygen atoms in total. The normalized spacial score (nSPS) is 10.7. The van der Waals surface area contributed by atoms with Crippen LogP contribution in [0.25, 0.3) is 5.82 Å². The number of benzene rings is 1. The molecule has 10 heteroatoms. The van der Waals surface area contributed by atoms with E-state index >= 15 is 0 Å². The lowest BCUT2D eigenvalue weighted by atomic mass is 10.2. The van der Waals surface area contributed by atoms with Crippen LogP contribution < -0.4 is 4.74 Å². The molecule has 3 aromatic heterocycles. The van der Waals surface area contributed by atoms with E-state index in [1.54, 1.807) is 52.1 Å². The maximum absolute atomic E-state index is 9.14. The number of pyridine rings is 1. The lowest BCUT2D eigenvalue weighted by molar-refractivity contribution is 0.300. The van der Waals surface area contributed by atoms with Gasteiger partial charge in [0.1, 0.15) is 28.7 Å². The van der Waals surface area contributed by atoms with Gasteiger partial charge in [-0.2, -0.15) is 10.4 Å². The molecule has 0 bridgehead atoms. The minimum Gasteiger partial charge on any atom is -0.486 e. The quantitative estimate of drug-likeness (QED) is 0.426. The molecule has 0 aliphatic heterocycles. The fourth-order valence-electron chi connectivity index (χ4n) is 2.70. The van der Waals surface area contributed by atoms with Gasteiger partial charge in [-0.1, -0.05) is 28.9 Å². The monoisotopic (exact) mass is 469 g/mol. The van der Waals surface area contributed by atoms with Crippen molar-refractivity contribution in [1.29, 1.82) is 5.26 Å². The summed E-state index contributed by atoms with van der Waals surface area (Å²) in [6, 6.07) is 14.5. The standard InChI is InChI=1S/C19H13BrClN7O/c20-18-8-15(28(25-18)19-16(21)5-3-7-23-19)11-27-10-14(24-26-27)12-29-17-6-2-1-4-13(17)9-22/h1-8,10H,11-12H2. The largest absolute Gasteiger partial charge is 0.486 e. The SMILES string of the molecule is N#Cc1ccccc1OCc1cn(Cc2cc(Br)nn2-c2ncccc2Cl)nn1. The Morgan fingerprint density at radius 3 is 2.90 bits per heavy atom. The maximum atomic E-state index is 9.14. The average Bonchev–Trinajstić information content (AvgIpc) is 3.33. The van der Waals surface area contributed by atoms with Crippen molar-refractivity contribution in [2.24, 2.45) is 0 Å². The molecule has 0 radical (unpaired) electrons. The second-order valence-corrected chi connectivity index (χ2v) is 7.20. The zero-order valence-corrected chi connectivity index (χ0v) is 17.2. The van der Waals surface area contributed by atoms with Gasteiger partial charge >= 0.3 is 0 Å². The number of aromatic nitrogens is 6. The molecule has 0 unspecified atom stereocenters. The van der Waals surface area contributed by atoms with E-state index in [1.165, 1.54) is 0 Å². The Morgan fingerprint density at radius 1 is 1.21 bits per heavy atom. The summed E-state index contributed by atoms with van der Waals surface area (Å²) in [7, 11) is 0. The first-order valence-electron chi connectivity index (χ1n) is 8.50. The van der Waals surface area contributed by atoms with E-state index < -0.39 is 0 Å². The molecule has 1 aromatic carbocycles. The third kappa shape index (κ3) is 4.29. The Labute approximate surface area is 179 Å². The van der Waals surface area contributed by atoms with E-state index in [4.69, 9.17) is 21.6 Å². The summed E-state index contributed by atoms with van der Waals surface area (Å²) in [5.74, 6) is 1.04. The van der Waals surface area contributed by atoms with Gasteiger partial charge in [0, 0.05) is 6.20 Å². The number of hydrogen-bond acceptors (Lipinski definition) is 6.